The summed E-state index contributed by atoms with van der Waals surface area (Å²) in [4.78, 5) is 25.1. The van der Waals surface area contributed by atoms with Gasteiger partial charge < -0.3 is 15.4 Å². The van der Waals surface area contributed by atoms with Gasteiger partial charge in [0.15, 0.2) is 9.84 Å². The van der Waals surface area contributed by atoms with E-state index >= 15 is 0 Å². The van der Waals surface area contributed by atoms with Crippen LogP contribution in [0.4, 0.5) is 11.4 Å². The standard InChI is InChI=1S/C21H24N2O5S2/c1-4-28-16-7-5-15(6-8-16)22-20(24)11-13(2)30(26,27)17-9-10-19-18(12-17)23-21(25)14(3)29-19/h5-10,12-14H,4,11H2,1-3H3,(H,22,24)(H,23,25)/t13-,14-/m1/s1. The van der Waals surface area contributed by atoms with E-state index in [0.717, 1.165) is 4.90 Å². The average molecular weight is 449 g/mol. The van der Waals surface area contributed by atoms with Crippen molar-refractivity contribution in [3.05, 3.63) is 42.5 Å². The molecule has 160 valence electrons. The lowest BCUT2D eigenvalue weighted by Gasteiger charge is -2.22. The Hall–Kier alpha value is -2.52. The van der Waals surface area contributed by atoms with Crippen LogP contribution in [-0.2, 0) is 19.4 Å². The smallest absolute Gasteiger partial charge is 0.237 e. The maximum atomic E-state index is 13.0. The van der Waals surface area contributed by atoms with Crippen LogP contribution in [0.3, 0.4) is 0 Å². The Morgan fingerprint density at radius 2 is 1.93 bits per heavy atom. The topological polar surface area (TPSA) is 102 Å². The Balaban J connectivity index is 1.68. The number of ether oxygens (including phenoxy) is 1. The molecule has 1 heterocycles. The molecule has 2 aromatic carbocycles. The van der Waals surface area contributed by atoms with E-state index in [-0.39, 0.29) is 22.5 Å². The molecule has 0 radical (unpaired) electrons. The van der Waals surface area contributed by atoms with Crippen molar-refractivity contribution < 1.29 is 22.7 Å². The largest absolute Gasteiger partial charge is 0.494 e. The van der Waals surface area contributed by atoms with Gasteiger partial charge in [0.1, 0.15) is 5.75 Å². The second-order valence-electron chi connectivity index (χ2n) is 6.97. The monoisotopic (exact) mass is 448 g/mol. The normalized spacial score (nSPS) is 16.9. The molecule has 1 aliphatic heterocycles. The van der Waals surface area contributed by atoms with Gasteiger partial charge in [-0.3, -0.25) is 9.59 Å². The number of nitrogens with one attached hydrogen (secondary N) is 2. The van der Waals surface area contributed by atoms with Crippen molar-refractivity contribution in [3.63, 3.8) is 0 Å². The molecule has 7 nitrogen and oxygen atoms in total. The summed E-state index contributed by atoms with van der Waals surface area (Å²) < 4.78 is 31.3. The van der Waals surface area contributed by atoms with E-state index in [1.54, 1.807) is 37.3 Å². The number of anilines is 2. The summed E-state index contributed by atoms with van der Waals surface area (Å²) in [6.07, 6.45) is -0.190. The van der Waals surface area contributed by atoms with Crippen LogP contribution in [0.1, 0.15) is 27.2 Å². The fourth-order valence-corrected chi connectivity index (χ4v) is 5.29. The quantitative estimate of drug-likeness (QED) is 0.670. The Morgan fingerprint density at radius 1 is 1.23 bits per heavy atom. The molecular formula is C21H24N2O5S2. The van der Waals surface area contributed by atoms with Crippen molar-refractivity contribution in [2.24, 2.45) is 0 Å². The minimum atomic E-state index is -3.75. The van der Waals surface area contributed by atoms with E-state index in [2.05, 4.69) is 10.6 Å². The number of fused-ring (bicyclic) bond motifs is 1. The summed E-state index contributed by atoms with van der Waals surface area (Å²) >= 11 is 1.38. The number of thioether (sulfide) groups is 1. The maximum Gasteiger partial charge on any atom is 0.237 e. The van der Waals surface area contributed by atoms with Gasteiger partial charge in [0.25, 0.3) is 0 Å². The second kappa shape index (κ2) is 9.09. The van der Waals surface area contributed by atoms with Crippen molar-refractivity contribution in [1.82, 2.24) is 0 Å². The van der Waals surface area contributed by atoms with Crippen LogP contribution in [0.2, 0.25) is 0 Å². The summed E-state index contributed by atoms with van der Waals surface area (Å²) in [5, 5.41) is 4.28. The van der Waals surface area contributed by atoms with Crippen molar-refractivity contribution in [1.29, 1.82) is 0 Å². The fraction of sp³-hybridized carbons (Fsp3) is 0.333. The van der Waals surface area contributed by atoms with Crippen LogP contribution >= 0.6 is 11.8 Å². The predicted octanol–water partition coefficient (Wildman–Crippen LogP) is 3.71. The van der Waals surface area contributed by atoms with Crippen LogP contribution in [0.25, 0.3) is 0 Å². The number of carbonyl (C=O) groups excluding carboxylic acids is 2. The highest BCUT2D eigenvalue weighted by Crippen LogP contribution is 2.37. The molecule has 9 heteroatoms. The van der Waals surface area contributed by atoms with Gasteiger partial charge in [-0.2, -0.15) is 0 Å². The zero-order valence-corrected chi connectivity index (χ0v) is 18.6. The zero-order chi connectivity index (χ0) is 21.9. The molecule has 30 heavy (non-hydrogen) atoms. The van der Waals surface area contributed by atoms with E-state index in [1.165, 1.54) is 30.8 Å². The van der Waals surface area contributed by atoms with Crippen LogP contribution in [-0.4, -0.2) is 37.3 Å². The van der Waals surface area contributed by atoms with E-state index < -0.39 is 21.0 Å². The Labute approximate surface area is 180 Å². The van der Waals surface area contributed by atoms with Crippen LogP contribution in [0, 0.1) is 0 Å². The molecule has 2 amide bonds. The van der Waals surface area contributed by atoms with E-state index in [0.29, 0.717) is 23.7 Å². The first-order valence-electron chi connectivity index (χ1n) is 9.59. The molecule has 0 aromatic heterocycles. The molecule has 0 aliphatic carbocycles. The third kappa shape index (κ3) is 4.96. The molecule has 2 aromatic rings. The highest BCUT2D eigenvalue weighted by Gasteiger charge is 2.29. The fourth-order valence-electron chi connectivity index (χ4n) is 2.98. The van der Waals surface area contributed by atoms with Gasteiger partial charge in [-0.05, 0) is 63.2 Å². The number of carbonyl (C=O) groups is 2. The van der Waals surface area contributed by atoms with Crippen molar-refractivity contribution in [2.45, 2.75) is 47.5 Å². The van der Waals surface area contributed by atoms with Gasteiger partial charge >= 0.3 is 0 Å². The van der Waals surface area contributed by atoms with Gasteiger partial charge in [-0.15, -0.1) is 11.8 Å². The van der Waals surface area contributed by atoms with Crippen LogP contribution in [0.5, 0.6) is 5.75 Å². The van der Waals surface area contributed by atoms with Crippen LogP contribution in [0.15, 0.2) is 52.3 Å². The van der Waals surface area contributed by atoms with Gasteiger partial charge in [0, 0.05) is 17.0 Å². The zero-order valence-electron chi connectivity index (χ0n) is 17.0. The lowest BCUT2D eigenvalue weighted by atomic mass is 10.2. The predicted molar refractivity (Wildman–Crippen MR) is 118 cm³/mol. The third-order valence-corrected chi connectivity index (χ3v) is 7.98. The first-order valence-corrected chi connectivity index (χ1v) is 12.0. The molecule has 0 unspecified atom stereocenters. The Morgan fingerprint density at radius 3 is 2.60 bits per heavy atom. The summed E-state index contributed by atoms with van der Waals surface area (Å²) in [5.41, 5.74) is 1.05. The molecule has 0 saturated heterocycles. The summed E-state index contributed by atoms with van der Waals surface area (Å²) in [6, 6.07) is 11.5. The maximum absolute atomic E-state index is 13.0. The third-order valence-electron chi connectivity index (χ3n) is 4.66. The minimum absolute atomic E-state index is 0.0815. The number of sulfone groups is 1. The van der Waals surface area contributed by atoms with E-state index in [4.69, 9.17) is 4.74 Å². The first-order chi connectivity index (χ1) is 14.2. The summed E-state index contributed by atoms with van der Waals surface area (Å²) in [7, 11) is -3.75. The van der Waals surface area contributed by atoms with Gasteiger partial charge in [-0.1, -0.05) is 0 Å². The van der Waals surface area contributed by atoms with Crippen molar-refractivity contribution in [3.8, 4) is 5.75 Å². The molecule has 2 atom stereocenters. The summed E-state index contributed by atoms with van der Waals surface area (Å²) in [6.45, 7) is 5.72. The Bertz CT molecular complexity index is 1050. The molecule has 0 spiro atoms. The van der Waals surface area contributed by atoms with E-state index in [9.17, 15) is 18.0 Å². The molecule has 1 aliphatic rings. The van der Waals surface area contributed by atoms with Gasteiger partial charge in [0.05, 0.1) is 27.7 Å². The number of rotatable bonds is 7. The van der Waals surface area contributed by atoms with Gasteiger partial charge in [-0.25, -0.2) is 8.42 Å². The number of hydrogen-bond acceptors (Lipinski definition) is 6. The molecular weight excluding hydrogens is 424 g/mol. The Kier molecular flexibility index (Phi) is 6.72. The SMILES string of the molecule is CCOc1ccc(NC(=O)C[C@@H](C)S(=O)(=O)c2ccc3c(c2)NC(=O)[C@@H](C)S3)cc1. The second-order valence-corrected chi connectivity index (χ2v) is 10.7. The highest BCUT2D eigenvalue weighted by molar-refractivity contribution is 8.01. The summed E-state index contributed by atoms with van der Waals surface area (Å²) in [5.74, 6) is 0.134. The molecule has 3 rings (SSSR count). The molecule has 0 bridgehead atoms. The lowest BCUT2D eigenvalue weighted by molar-refractivity contribution is -0.116. The van der Waals surface area contributed by atoms with Gasteiger partial charge in [0.2, 0.25) is 11.8 Å². The minimum Gasteiger partial charge on any atom is -0.494 e. The highest BCUT2D eigenvalue weighted by atomic mass is 32.2. The van der Waals surface area contributed by atoms with Crippen molar-refractivity contribution in [2.75, 3.05) is 17.2 Å². The number of hydrogen-bond donors (Lipinski definition) is 2. The molecule has 0 fully saturated rings. The van der Waals surface area contributed by atoms with Crippen molar-refractivity contribution >= 4 is 44.8 Å². The average Bonchev–Trinajstić information content (AvgIpc) is 2.70. The lowest BCUT2D eigenvalue weighted by Crippen LogP contribution is -2.27. The molecule has 0 saturated carbocycles. The van der Waals surface area contributed by atoms with E-state index in [1.807, 2.05) is 6.92 Å². The van der Waals surface area contributed by atoms with Crippen LogP contribution < -0.4 is 15.4 Å². The number of benzene rings is 2. The first kappa shape index (κ1) is 22.2. The number of amides is 2. The molecule has 2 N–H and O–H groups in total.